The van der Waals surface area contributed by atoms with Crippen molar-refractivity contribution in [3.05, 3.63) is 29.8 Å². The highest BCUT2D eigenvalue weighted by molar-refractivity contribution is 5.95. The minimum Gasteiger partial charge on any atom is -0.508 e. The molecule has 6 heteroatoms. The van der Waals surface area contributed by atoms with Crippen molar-refractivity contribution in [1.29, 1.82) is 0 Å². The molecular weight excluding hydrogens is 226 g/mol. The maximum absolute atomic E-state index is 11.7. The summed E-state index contributed by atoms with van der Waals surface area (Å²) in [6.45, 7) is -1.78. The fraction of sp³-hybridized carbons (Fsp3) is 0.364. The number of aliphatic hydroxyl groups is 3. The van der Waals surface area contributed by atoms with E-state index in [4.69, 9.17) is 15.3 Å². The van der Waals surface area contributed by atoms with E-state index < -0.39 is 31.3 Å². The molecule has 94 valence electrons. The molecule has 0 saturated carbocycles. The second-order valence-corrected chi connectivity index (χ2v) is 3.76. The van der Waals surface area contributed by atoms with Crippen LogP contribution in [0, 0.1) is 0 Å². The lowest BCUT2D eigenvalue weighted by Gasteiger charge is -2.28. The van der Waals surface area contributed by atoms with Crippen molar-refractivity contribution in [3.8, 4) is 5.75 Å². The lowest BCUT2D eigenvalue weighted by Crippen LogP contribution is -2.57. The number of carbonyl (C=O) groups excluding carboxylic acids is 1. The summed E-state index contributed by atoms with van der Waals surface area (Å²) in [7, 11) is 0. The van der Waals surface area contributed by atoms with Crippen molar-refractivity contribution in [2.24, 2.45) is 0 Å². The monoisotopic (exact) mass is 241 g/mol. The number of rotatable bonds is 5. The molecule has 0 spiro atoms. The maximum atomic E-state index is 11.7. The predicted molar refractivity (Wildman–Crippen MR) is 59.6 cm³/mol. The van der Waals surface area contributed by atoms with Gasteiger partial charge in [0.05, 0.1) is 19.8 Å². The topological polar surface area (TPSA) is 110 Å². The van der Waals surface area contributed by atoms with Crippen molar-refractivity contribution in [1.82, 2.24) is 5.32 Å². The van der Waals surface area contributed by atoms with Crippen LogP contribution in [0.15, 0.2) is 24.3 Å². The molecule has 0 radical (unpaired) electrons. The van der Waals surface area contributed by atoms with E-state index >= 15 is 0 Å². The van der Waals surface area contributed by atoms with Crippen molar-refractivity contribution in [2.45, 2.75) is 5.54 Å². The number of amides is 1. The molecule has 0 unspecified atom stereocenters. The number of phenols is 1. The number of benzene rings is 1. The molecule has 0 aliphatic carbocycles. The molecule has 1 rings (SSSR count). The highest BCUT2D eigenvalue weighted by Crippen LogP contribution is 2.12. The van der Waals surface area contributed by atoms with E-state index in [0.717, 1.165) is 0 Å². The quantitative estimate of drug-likeness (QED) is 0.446. The highest BCUT2D eigenvalue weighted by Gasteiger charge is 2.30. The first-order valence-electron chi connectivity index (χ1n) is 5.01. The molecule has 6 nitrogen and oxygen atoms in total. The number of aliphatic hydroxyl groups excluding tert-OH is 3. The Kier molecular flexibility index (Phi) is 4.45. The lowest BCUT2D eigenvalue weighted by atomic mass is 10.0. The Labute approximate surface area is 98.1 Å². The summed E-state index contributed by atoms with van der Waals surface area (Å²) in [6, 6.07) is 5.61. The van der Waals surface area contributed by atoms with Crippen LogP contribution in [0.2, 0.25) is 0 Å². The second kappa shape index (κ2) is 5.62. The van der Waals surface area contributed by atoms with Crippen LogP contribution < -0.4 is 5.32 Å². The summed E-state index contributed by atoms with van der Waals surface area (Å²) in [5.41, 5.74) is -1.30. The van der Waals surface area contributed by atoms with Crippen molar-refractivity contribution >= 4 is 5.91 Å². The Bertz CT molecular complexity index is 381. The van der Waals surface area contributed by atoms with E-state index in [9.17, 15) is 9.90 Å². The predicted octanol–water partition coefficient (Wildman–Crippen LogP) is -1.16. The number of hydrogen-bond donors (Lipinski definition) is 5. The normalized spacial score (nSPS) is 11.2. The minimum atomic E-state index is -1.47. The third kappa shape index (κ3) is 3.16. The van der Waals surface area contributed by atoms with Gasteiger partial charge >= 0.3 is 0 Å². The van der Waals surface area contributed by atoms with Gasteiger partial charge in [0.25, 0.3) is 5.91 Å². The SMILES string of the molecule is O=C(NC(CO)(CO)CO)c1cccc(O)c1. The highest BCUT2D eigenvalue weighted by atomic mass is 16.3. The Morgan fingerprint density at radius 3 is 2.24 bits per heavy atom. The van der Waals surface area contributed by atoms with Crippen LogP contribution in [0.3, 0.4) is 0 Å². The molecule has 1 aromatic carbocycles. The molecule has 17 heavy (non-hydrogen) atoms. The summed E-state index contributed by atoms with van der Waals surface area (Å²) >= 11 is 0. The number of nitrogens with one attached hydrogen (secondary N) is 1. The number of phenolic OH excluding ortho intramolecular Hbond substituents is 1. The average molecular weight is 241 g/mol. The molecule has 0 saturated heterocycles. The first-order chi connectivity index (χ1) is 8.06. The number of hydrogen-bond acceptors (Lipinski definition) is 5. The largest absolute Gasteiger partial charge is 0.508 e. The molecule has 0 heterocycles. The second-order valence-electron chi connectivity index (χ2n) is 3.76. The van der Waals surface area contributed by atoms with E-state index in [0.29, 0.717) is 0 Å². The Morgan fingerprint density at radius 2 is 1.76 bits per heavy atom. The zero-order chi connectivity index (χ0) is 12.9. The molecule has 0 aliphatic heterocycles. The van der Waals surface area contributed by atoms with E-state index in [1.54, 1.807) is 0 Å². The van der Waals surface area contributed by atoms with Gasteiger partial charge in [-0.3, -0.25) is 4.79 Å². The third-order valence-electron chi connectivity index (χ3n) is 2.40. The molecular formula is C11H15NO5. The number of carbonyl (C=O) groups is 1. The van der Waals surface area contributed by atoms with Gasteiger partial charge in [-0.2, -0.15) is 0 Å². The van der Waals surface area contributed by atoms with Crippen LogP contribution >= 0.6 is 0 Å². The van der Waals surface area contributed by atoms with E-state index in [1.165, 1.54) is 24.3 Å². The average Bonchev–Trinajstić information content (AvgIpc) is 2.36. The van der Waals surface area contributed by atoms with Crippen LogP contribution in [-0.4, -0.2) is 51.7 Å². The molecule has 0 bridgehead atoms. The zero-order valence-electron chi connectivity index (χ0n) is 9.13. The van der Waals surface area contributed by atoms with Crippen molar-refractivity contribution < 1.29 is 25.2 Å². The minimum absolute atomic E-state index is 0.0692. The molecule has 0 aromatic heterocycles. The van der Waals surface area contributed by atoms with Crippen molar-refractivity contribution in [3.63, 3.8) is 0 Å². The first-order valence-corrected chi connectivity index (χ1v) is 5.01. The summed E-state index contributed by atoms with van der Waals surface area (Å²) in [5, 5.41) is 38.7. The fourth-order valence-corrected chi connectivity index (χ4v) is 1.23. The fourth-order valence-electron chi connectivity index (χ4n) is 1.23. The first kappa shape index (κ1) is 13.4. The lowest BCUT2D eigenvalue weighted by molar-refractivity contribution is 0.0375. The van der Waals surface area contributed by atoms with Gasteiger partial charge < -0.3 is 25.7 Å². The van der Waals surface area contributed by atoms with Crippen LogP contribution in [0.25, 0.3) is 0 Å². The smallest absolute Gasteiger partial charge is 0.252 e. The summed E-state index contributed by atoms with van der Waals surface area (Å²) < 4.78 is 0. The van der Waals surface area contributed by atoms with Crippen LogP contribution in [0.1, 0.15) is 10.4 Å². The summed E-state index contributed by atoms with van der Waals surface area (Å²) in [4.78, 5) is 11.7. The van der Waals surface area contributed by atoms with E-state index in [-0.39, 0.29) is 11.3 Å². The van der Waals surface area contributed by atoms with Gasteiger partial charge in [0.2, 0.25) is 0 Å². The van der Waals surface area contributed by atoms with Crippen LogP contribution in [-0.2, 0) is 0 Å². The summed E-state index contributed by atoms with van der Waals surface area (Å²) in [6.07, 6.45) is 0. The maximum Gasteiger partial charge on any atom is 0.252 e. The third-order valence-corrected chi connectivity index (χ3v) is 2.40. The molecule has 5 N–H and O–H groups in total. The van der Waals surface area contributed by atoms with Gasteiger partial charge in [-0.05, 0) is 18.2 Å². The molecule has 0 atom stereocenters. The molecule has 0 fully saturated rings. The summed E-state index contributed by atoms with van der Waals surface area (Å²) in [5.74, 6) is -0.668. The van der Waals surface area contributed by atoms with Gasteiger partial charge in [-0.1, -0.05) is 6.07 Å². The Morgan fingerprint density at radius 1 is 1.18 bits per heavy atom. The van der Waals surface area contributed by atoms with Gasteiger partial charge in [0, 0.05) is 5.56 Å². The van der Waals surface area contributed by atoms with E-state index in [1.807, 2.05) is 0 Å². The van der Waals surface area contributed by atoms with Gasteiger partial charge in [-0.25, -0.2) is 0 Å². The molecule has 1 aromatic rings. The molecule has 1 amide bonds. The van der Waals surface area contributed by atoms with Crippen molar-refractivity contribution in [2.75, 3.05) is 19.8 Å². The Balaban J connectivity index is 2.84. The van der Waals surface area contributed by atoms with E-state index in [2.05, 4.69) is 5.32 Å². The number of aromatic hydroxyl groups is 1. The zero-order valence-corrected chi connectivity index (χ0v) is 9.13. The Hall–Kier alpha value is -1.63. The van der Waals surface area contributed by atoms with Crippen LogP contribution in [0.5, 0.6) is 5.75 Å². The van der Waals surface area contributed by atoms with Crippen LogP contribution in [0.4, 0.5) is 0 Å². The van der Waals surface area contributed by atoms with Gasteiger partial charge in [-0.15, -0.1) is 0 Å². The van der Waals surface area contributed by atoms with Gasteiger partial charge in [0.1, 0.15) is 11.3 Å². The van der Waals surface area contributed by atoms with Gasteiger partial charge in [0.15, 0.2) is 0 Å². The standard InChI is InChI=1S/C11H15NO5/c13-5-11(6-14,7-15)12-10(17)8-2-1-3-9(16)4-8/h1-4,13-16H,5-7H2,(H,12,17). The molecule has 0 aliphatic rings.